The average Bonchev–Trinajstić information content (AvgIpc) is 3.36. The van der Waals surface area contributed by atoms with Crippen molar-refractivity contribution in [2.75, 3.05) is 18.0 Å². The Bertz CT molecular complexity index is 722. The second kappa shape index (κ2) is 7.91. The van der Waals surface area contributed by atoms with E-state index in [0.29, 0.717) is 30.2 Å². The molecule has 1 aliphatic carbocycles. The van der Waals surface area contributed by atoms with E-state index in [1.54, 1.807) is 0 Å². The highest BCUT2D eigenvalue weighted by Crippen LogP contribution is 2.39. The van der Waals surface area contributed by atoms with Gasteiger partial charge in [-0.25, -0.2) is 0 Å². The van der Waals surface area contributed by atoms with Crippen molar-refractivity contribution in [2.24, 2.45) is 0 Å². The van der Waals surface area contributed by atoms with Crippen molar-refractivity contribution in [2.45, 2.75) is 50.2 Å². The smallest absolute Gasteiger partial charge is 0.230 e. The minimum absolute atomic E-state index is 0.00715. The van der Waals surface area contributed by atoms with Gasteiger partial charge in [-0.15, -0.1) is 10.2 Å². The lowest BCUT2D eigenvalue weighted by Crippen LogP contribution is -2.27. The van der Waals surface area contributed by atoms with Crippen molar-refractivity contribution in [3.63, 3.8) is 0 Å². The first-order valence-corrected chi connectivity index (χ1v) is 9.72. The van der Waals surface area contributed by atoms with E-state index >= 15 is 0 Å². The normalized spacial score (nSPS) is 14.0. The van der Waals surface area contributed by atoms with Gasteiger partial charge in [-0.05, 0) is 36.3 Å². The minimum atomic E-state index is 0.00715. The Kier molecular flexibility index (Phi) is 5.63. The van der Waals surface area contributed by atoms with E-state index in [0.717, 1.165) is 24.4 Å². The third-order valence-electron chi connectivity index (χ3n) is 4.32. The lowest BCUT2D eigenvalue weighted by Gasteiger charge is -2.08. The summed E-state index contributed by atoms with van der Waals surface area (Å²) in [7, 11) is 0. The van der Waals surface area contributed by atoms with Crippen LogP contribution < -0.4 is 11.1 Å². The van der Waals surface area contributed by atoms with E-state index in [1.807, 2.05) is 4.57 Å². The van der Waals surface area contributed by atoms with E-state index in [9.17, 15) is 4.79 Å². The molecule has 1 aromatic carbocycles. The standard InChI is InChI=1S/C18H25N5OS/c1-12(2)14-5-3-13(4-6-14)9-10-20-16(24)11-25-18-22-21-17(19)23(18)15-7-8-15/h3-6,12,15H,7-11H2,1-2H3,(H2,19,21)(H,20,24). The number of thioether (sulfide) groups is 1. The van der Waals surface area contributed by atoms with Gasteiger partial charge in [0.05, 0.1) is 5.75 Å². The van der Waals surface area contributed by atoms with Gasteiger partial charge >= 0.3 is 0 Å². The summed E-state index contributed by atoms with van der Waals surface area (Å²) in [6.45, 7) is 5.01. The molecule has 0 bridgehead atoms. The van der Waals surface area contributed by atoms with E-state index in [4.69, 9.17) is 5.73 Å². The van der Waals surface area contributed by atoms with Gasteiger partial charge in [0.1, 0.15) is 0 Å². The number of carbonyl (C=O) groups is 1. The Balaban J connectivity index is 1.41. The molecule has 1 heterocycles. The predicted molar refractivity (Wildman–Crippen MR) is 101 cm³/mol. The first-order valence-electron chi connectivity index (χ1n) is 8.73. The third kappa shape index (κ3) is 4.75. The number of aromatic nitrogens is 3. The van der Waals surface area contributed by atoms with Crippen molar-refractivity contribution in [1.82, 2.24) is 20.1 Å². The summed E-state index contributed by atoms with van der Waals surface area (Å²) in [6.07, 6.45) is 3.05. The maximum Gasteiger partial charge on any atom is 0.230 e. The Morgan fingerprint density at radius 1 is 1.32 bits per heavy atom. The van der Waals surface area contributed by atoms with Gasteiger partial charge in [-0.2, -0.15) is 0 Å². The molecule has 0 saturated heterocycles. The number of anilines is 1. The van der Waals surface area contributed by atoms with Crippen LogP contribution in [0.1, 0.15) is 49.8 Å². The highest BCUT2D eigenvalue weighted by Gasteiger charge is 2.29. The van der Waals surface area contributed by atoms with E-state index in [1.165, 1.54) is 22.9 Å². The number of benzene rings is 1. The van der Waals surface area contributed by atoms with Crippen LogP contribution in [0.5, 0.6) is 0 Å². The number of nitrogens with two attached hydrogens (primary N) is 1. The molecule has 0 aliphatic heterocycles. The van der Waals surface area contributed by atoms with Gasteiger partial charge in [0.2, 0.25) is 11.9 Å². The molecule has 6 nitrogen and oxygen atoms in total. The lowest BCUT2D eigenvalue weighted by molar-refractivity contribution is -0.118. The summed E-state index contributed by atoms with van der Waals surface area (Å²) in [4.78, 5) is 12.0. The maximum absolute atomic E-state index is 12.0. The van der Waals surface area contributed by atoms with Crippen molar-refractivity contribution in [1.29, 1.82) is 0 Å². The Morgan fingerprint density at radius 2 is 2.04 bits per heavy atom. The average molecular weight is 359 g/mol. The van der Waals surface area contributed by atoms with Crippen molar-refractivity contribution in [3.8, 4) is 0 Å². The fourth-order valence-corrected chi connectivity index (χ4v) is 3.50. The monoisotopic (exact) mass is 359 g/mol. The van der Waals surface area contributed by atoms with Crippen LogP contribution in [0.2, 0.25) is 0 Å². The van der Waals surface area contributed by atoms with Crippen molar-refractivity contribution < 1.29 is 4.79 Å². The first-order chi connectivity index (χ1) is 12.0. The van der Waals surface area contributed by atoms with Crippen LogP contribution in [0.25, 0.3) is 0 Å². The summed E-state index contributed by atoms with van der Waals surface area (Å²) in [5.41, 5.74) is 8.41. The number of hydrogen-bond donors (Lipinski definition) is 2. The molecule has 1 aromatic heterocycles. The number of nitrogens with one attached hydrogen (secondary N) is 1. The first kappa shape index (κ1) is 17.8. The molecule has 0 radical (unpaired) electrons. The molecule has 1 amide bonds. The van der Waals surface area contributed by atoms with Crippen LogP contribution in [-0.4, -0.2) is 33.0 Å². The second-order valence-electron chi connectivity index (χ2n) is 6.73. The summed E-state index contributed by atoms with van der Waals surface area (Å²) in [5.74, 6) is 1.32. The molecular weight excluding hydrogens is 334 g/mol. The predicted octanol–water partition coefficient (Wildman–Crippen LogP) is 2.77. The quantitative estimate of drug-likeness (QED) is 0.708. The van der Waals surface area contributed by atoms with E-state index in [2.05, 4.69) is 53.6 Å². The molecule has 1 fully saturated rings. The molecule has 25 heavy (non-hydrogen) atoms. The van der Waals surface area contributed by atoms with Crippen LogP contribution in [0.3, 0.4) is 0 Å². The van der Waals surface area contributed by atoms with Gasteiger partial charge in [-0.3, -0.25) is 9.36 Å². The molecule has 0 spiro atoms. The van der Waals surface area contributed by atoms with Gasteiger partial charge in [0.15, 0.2) is 5.16 Å². The number of nitrogens with zero attached hydrogens (tertiary/aromatic N) is 3. The molecule has 1 aliphatic rings. The summed E-state index contributed by atoms with van der Waals surface area (Å²) in [5, 5.41) is 11.7. The van der Waals surface area contributed by atoms with Crippen molar-refractivity contribution >= 4 is 23.6 Å². The van der Waals surface area contributed by atoms with Crippen LogP contribution >= 0.6 is 11.8 Å². The second-order valence-corrected chi connectivity index (χ2v) is 7.67. The van der Waals surface area contributed by atoms with E-state index < -0.39 is 0 Å². The Labute approximate surface area is 152 Å². The number of amides is 1. The fourth-order valence-electron chi connectivity index (χ4n) is 2.66. The number of hydrogen-bond acceptors (Lipinski definition) is 5. The van der Waals surface area contributed by atoms with Crippen molar-refractivity contribution in [3.05, 3.63) is 35.4 Å². The molecule has 0 unspecified atom stereocenters. The fraction of sp³-hybridized carbons (Fsp3) is 0.500. The van der Waals surface area contributed by atoms with Gasteiger partial charge in [0.25, 0.3) is 0 Å². The molecule has 1 saturated carbocycles. The molecule has 7 heteroatoms. The summed E-state index contributed by atoms with van der Waals surface area (Å²) < 4.78 is 1.94. The van der Waals surface area contributed by atoms with Crippen LogP contribution in [0, 0.1) is 0 Å². The molecule has 3 N–H and O–H groups in total. The van der Waals surface area contributed by atoms with E-state index in [-0.39, 0.29) is 5.91 Å². The molecule has 0 atom stereocenters. The molecule has 2 aromatic rings. The highest BCUT2D eigenvalue weighted by molar-refractivity contribution is 7.99. The molecule has 134 valence electrons. The van der Waals surface area contributed by atoms with Gasteiger partial charge < -0.3 is 11.1 Å². The van der Waals surface area contributed by atoms with Gasteiger partial charge in [0, 0.05) is 12.6 Å². The zero-order valence-corrected chi connectivity index (χ0v) is 15.6. The SMILES string of the molecule is CC(C)c1ccc(CCNC(=O)CSc2nnc(N)n2C2CC2)cc1. The van der Waals surface area contributed by atoms with Crippen LogP contribution in [0.15, 0.2) is 29.4 Å². The van der Waals surface area contributed by atoms with Crippen LogP contribution in [-0.2, 0) is 11.2 Å². The largest absolute Gasteiger partial charge is 0.368 e. The number of carbonyl (C=O) groups excluding carboxylic acids is 1. The lowest BCUT2D eigenvalue weighted by atomic mass is 10.0. The Morgan fingerprint density at radius 3 is 2.68 bits per heavy atom. The zero-order chi connectivity index (χ0) is 17.8. The molecule has 3 rings (SSSR count). The van der Waals surface area contributed by atoms with Gasteiger partial charge in [-0.1, -0.05) is 49.9 Å². The minimum Gasteiger partial charge on any atom is -0.368 e. The highest BCUT2D eigenvalue weighted by atomic mass is 32.2. The topological polar surface area (TPSA) is 85.8 Å². The third-order valence-corrected chi connectivity index (χ3v) is 5.26. The van der Waals surface area contributed by atoms with Crippen LogP contribution in [0.4, 0.5) is 5.95 Å². The zero-order valence-electron chi connectivity index (χ0n) is 14.7. The summed E-state index contributed by atoms with van der Waals surface area (Å²) >= 11 is 1.39. The maximum atomic E-state index is 12.0. The Hall–Kier alpha value is -2.02. The summed E-state index contributed by atoms with van der Waals surface area (Å²) in [6, 6.07) is 9.00. The number of rotatable bonds is 8. The molecular formula is C18H25N5OS. The number of nitrogen functional groups attached to an aromatic ring is 1.